The Morgan fingerprint density at radius 3 is 2.86 bits per heavy atom. The summed E-state index contributed by atoms with van der Waals surface area (Å²) in [4.78, 5) is 15.4. The van der Waals surface area contributed by atoms with Crippen LogP contribution in [0.5, 0.6) is 0 Å². The number of halogens is 1. The van der Waals surface area contributed by atoms with E-state index in [0.717, 1.165) is 0 Å². The Hall–Kier alpha value is -2.65. The van der Waals surface area contributed by atoms with Crippen molar-refractivity contribution in [1.82, 2.24) is 9.38 Å². The van der Waals surface area contributed by atoms with Crippen LogP contribution >= 0.6 is 15.9 Å². The molecule has 1 N–H and O–H groups in total. The maximum atomic E-state index is 11.4. The van der Waals surface area contributed by atoms with Crippen molar-refractivity contribution in [2.45, 2.75) is 0 Å². The van der Waals surface area contributed by atoms with Crippen molar-refractivity contribution in [2.24, 2.45) is 0 Å². The zero-order valence-corrected chi connectivity index (χ0v) is 12.2. The third kappa shape index (κ3) is 1.99. The number of hydrogen-bond acceptors (Lipinski definition) is 3. The Morgan fingerprint density at radius 1 is 1.38 bits per heavy atom. The van der Waals surface area contributed by atoms with Gasteiger partial charge in [-0.05, 0) is 22.0 Å². The molecule has 0 aliphatic heterocycles. The molecule has 2 aromatic heterocycles. The quantitative estimate of drug-likeness (QED) is 0.775. The second kappa shape index (κ2) is 5.04. The monoisotopic (exact) mass is 341 g/mol. The van der Waals surface area contributed by atoms with E-state index in [9.17, 15) is 15.2 Å². The lowest BCUT2D eigenvalue weighted by Crippen LogP contribution is -1.99. The minimum Gasteiger partial charge on any atom is -0.478 e. The van der Waals surface area contributed by atoms with Crippen LogP contribution in [0.15, 0.2) is 47.5 Å². The number of nitrogens with zero attached hydrogens (tertiary/aromatic N) is 3. The topological polar surface area (TPSA) is 78.4 Å². The largest absolute Gasteiger partial charge is 0.478 e. The standard InChI is InChI=1S/C15H8BrN3O2/c16-14-13(9-3-1-2-4-10(9)15(20)21)11(7-17)12-8-18-5-6-19(12)14/h1-6,8H,(H,20,21). The number of carboxylic acid groups (broad SMARTS) is 1. The van der Waals surface area contributed by atoms with E-state index < -0.39 is 5.97 Å². The highest BCUT2D eigenvalue weighted by molar-refractivity contribution is 9.10. The van der Waals surface area contributed by atoms with Gasteiger partial charge in [0.2, 0.25) is 0 Å². The molecular formula is C15H8BrN3O2. The van der Waals surface area contributed by atoms with E-state index in [4.69, 9.17) is 0 Å². The van der Waals surface area contributed by atoms with Gasteiger partial charge < -0.3 is 9.51 Å². The summed E-state index contributed by atoms with van der Waals surface area (Å²) in [7, 11) is 0. The third-order valence-corrected chi connectivity index (χ3v) is 4.00. The molecule has 0 saturated heterocycles. The fourth-order valence-corrected chi connectivity index (χ4v) is 3.04. The predicted molar refractivity (Wildman–Crippen MR) is 80.0 cm³/mol. The fourth-order valence-electron chi connectivity index (χ4n) is 2.32. The van der Waals surface area contributed by atoms with Crippen molar-refractivity contribution >= 4 is 27.4 Å². The lowest BCUT2D eigenvalue weighted by atomic mass is 9.99. The van der Waals surface area contributed by atoms with E-state index in [-0.39, 0.29) is 5.56 Å². The Labute approximate surface area is 128 Å². The van der Waals surface area contributed by atoms with Gasteiger partial charge in [-0.25, -0.2) is 4.79 Å². The van der Waals surface area contributed by atoms with E-state index in [1.54, 1.807) is 41.2 Å². The minimum atomic E-state index is -1.03. The maximum Gasteiger partial charge on any atom is 0.336 e. The van der Waals surface area contributed by atoms with Gasteiger partial charge in [-0.15, -0.1) is 0 Å². The molecule has 0 radical (unpaired) electrons. The van der Waals surface area contributed by atoms with Gasteiger partial charge in [0.25, 0.3) is 0 Å². The summed E-state index contributed by atoms with van der Waals surface area (Å²) in [6.07, 6.45) is 4.90. The Bertz CT molecular complexity index is 909. The first-order valence-corrected chi connectivity index (χ1v) is 6.80. The number of aromatic carboxylic acids is 1. The van der Waals surface area contributed by atoms with Gasteiger partial charge in [0, 0.05) is 23.5 Å². The van der Waals surface area contributed by atoms with Gasteiger partial charge in [-0.2, -0.15) is 5.26 Å². The van der Waals surface area contributed by atoms with Crippen LogP contribution in [0.1, 0.15) is 15.9 Å². The normalized spacial score (nSPS) is 10.5. The Kier molecular flexibility index (Phi) is 3.20. The number of carboxylic acids is 1. The van der Waals surface area contributed by atoms with Crippen molar-refractivity contribution in [1.29, 1.82) is 5.26 Å². The van der Waals surface area contributed by atoms with Gasteiger partial charge in [-0.1, -0.05) is 18.2 Å². The van der Waals surface area contributed by atoms with E-state index >= 15 is 0 Å². The van der Waals surface area contributed by atoms with Gasteiger partial charge in [0.05, 0.1) is 27.4 Å². The molecule has 0 spiro atoms. The van der Waals surface area contributed by atoms with Gasteiger partial charge >= 0.3 is 5.97 Å². The van der Waals surface area contributed by atoms with Crippen LogP contribution in [0.2, 0.25) is 0 Å². The summed E-state index contributed by atoms with van der Waals surface area (Å²) in [6.45, 7) is 0. The molecule has 0 aliphatic rings. The molecule has 0 amide bonds. The highest BCUT2D eigenvalue weighted by atomic mass is 79.9. The molecule has 2 heterocycles. The first-order valence-electron chi connectivity index (χ1n) is 6.01. The number of rotatable bonds is 2. The summed E-state index contributed by atoms with van der Waals surface area (Å²) < 4.78 is 2.39. The zero-order chi connectivity index (χ0) is 15.0. The number of carbonyl (C=O) groups is 1. The number of fused-ring (bicyclic) bond motifs is 1. The van der Waals surface area contributed by atoms with E-state index in [2.05, 4.69) is 27.0 Å². The van der Waals surface area contributed by atoms with Crippen LogP contribution in [-0.2, 0) is 0 Å². The highest BCUT2D eigenvalue weighted by Crippen LogP contribution is 2.37. The maximum absolute atomic E-state index is 11.4. The lowest BCUT2D eigenvalue weighted by molar-refractivity contribution is 0.0697. The van der Waals surface area contributed by atoms with E-state index in [1.165, 1.54) is 6.07 Å². The molecule has 0 aliphatic carbocycles. The molecule has 21 heavy (non-hydrogen) atoms. The fraction of sp³-hybridized carbons (Fsp3) is 0. The Morgan fingerprint density at radius 2 is 2.14 bits per heavy atom. The third-order valence-electron chi connectivity index (χ3n) is 3.22. The number of benzene rings is 1. The molecule has 102 valence electrons. The van der Waals surface area contributed by atoms with E-state index in [0.29, 0.717) is 26.8 Å². The summed E-state index contributed by atoms with van der Waals surface area (Å²) in [5.74, 6) is -1.03. The van der Waals surface area contributed by atoms with Crippen molar-refractivity contribution in [2.75, 3.05) is 0 Å². The number of aromatic nitrogens is 2. The van der Waals surface area contributed by atoms with Crippen LogP contribution in [0.25, 0.3) is 16.6 Å². The highest BCUT2D eigenvalue weighted by Gasteiger charge is 2.22. The summed E-state index contributed by atoms with van der Waals surface area (Å²) in [5.41, 5.74) is 2.23. The van der Waals surface area contributed by atoms with Gasteiger partial charge in [-0.3, -0.25) is 4.98 Å². The first-order chi connectivity index (χ1) is 10.1. The molecule has 3 aromatic rings. The molecule has 3 rings (SSSR count). The van der Waals surface area contributed by atoms with Crippen molar-refractivity contribution in [3.63, 3.8) is 0 Å². The van der Waals surface area contributed by atoms with E-state index in [1.807, 2.05) is 0 Å². The molecular weight excluding hydrogens is 334 g/mol. The molecule has 0 saturated carbocycles. The molecule has 1 aromatic carbocycles. The number of hydrogen-bond donors (Lipinski definition) is 1. The lowest BCUT2D eigenvalue weighted by Gasteiger charge is -2.05. The van der Waals surface area contributed by atoms with Crippen molar-refractivity contribution < 1.29 is 9.90 Å². The van der Waals surface area contributed by atoms with Crippen LogP contribution in [-0.4, -0.2) is 20.5 Å². The van der Waals surface area contributed by atoms with Crippen LogP contribution in [0.3, 0.4) is 0 Å². The average molecular weight is 342 g/mol. The van der Waals surface area contributed by atoms with Gasteiger partial charge in [0.15, 0.2) is 0 Å². The number of nitriles is 1. The summed E-state index contributed by atoms with van der Waals surface area (Å²) >= 11 is 3.45. The molecule has 5 nitrogen and oxygen atoms in total. The molecule has 0 fully saturated rings. The zero-order valence-electron chi connectivity index (χ0n) is 10.6. The van der Waals surface area contributed by atoms with Crippen molar-refractivity contribution in [3.8, 4) is 17.2 Å². The van der Waals surface area contributed by atoms with Crippen LogP contribution in [0, 0.1) is 11.3 Å². The second-order valence-corrected chi connectivity index (χ2v) is 5.09. The summed E-state index contributed by atoms with van der Waals surface area (Å²) in [5, 5.41) is 18.8. The molecule has 0 bridgehead atoms. The smallest absolute Gasteiger partial charge is 0.336 e. The molecule has 0 unspecified atom stereocenters. The van der Waals surface area contributed by atoms with Crippen LogP contribution in [0.4, 0.5) is 0 Å². The minimum absolute atomic E-state index is 0.151. The van der Waals surface area contributed by atoms with Crippen molar-refractivity contribution in [3.05, 3.63) is 58.6 Å². The second-order valence-electron chi connectivity index (χ2n) is 4.33. The molecule has 0 atom stereocenters. The Balaban J connectivity index is 2.45. The van der Waals surface area contributed by atoms with Crippen LogP contribution < -0.4 is 0 Å². The van der Waals surface area contributed by atoms with Gasteiger partial charge in [0.1, 0.15) is 6.07 Å². The average Bonchev–Trinajstić information content (AvgIpc) is 2.80. The summed E-state index contributed by atoms with van der Waals surface area (Å²) in [6, 6.07) is 8.75. The predicted octanol–water partition coefficient (Wildman–Crippen LogP) is 3.33. The first kappa shape index (κ1) is 13.3. The molecule has 6 heteroatoms. The SMILES string of the molecule is N#Cc1c(-c2ccccc2C(=O)O)c(Br)n2ccncc12.